The number of carbonyl (C=O) groups excluding carboxylic acids is 1. The molecule has 0 spiro atoms. The smallest absolute Gasteiger partial charge is 0.304 e. The van der Waals surface area contributed by atoms with E-state index in [1.165, 1.54) is 0 Å². The summed E-state index contributed by atoms with van der Waals surface area (Å²) >= 11 is 0. The highest BCUT2D eigenvalue weighted by atomic mass is 16.4. The van der Waals surface area contributed by atoms with Gasteiger partial charge in [-0.2, -0.15) is 0 Å². The van der Waals surface area contributed by atoms with Gasteiger partial charge in [0.25, 0.3) is 0 Å². The molecular formula is C11H23N3O3. The molecule has 0 amide bonds. The van der Waals surface area contributed by atoms with E-state index < -0.39 is 5.97 Å². The summed E-state index contributed by atoms with van der Waals surface area (Å²) < 4.78 is 0. The predicted molar refractivity (Wildman–Crippen MR) is 66.2 cm³/mol. The number of carbonyl (C=O) groups is 2. The average molecular weight is 245 g/mol. The zero-order valence-corrected chi connectivity index (χ0v) is 10.4. The quantitative estimate of drug-likeness (QED) is 0.337. The molecule has 0 heterocycles. The van der Waals surface area contributed by atoms with Crippen LogP contribution < -0.4 is 16.0 Å². The van der Waals surface area contributed by atoms with Crippen LogP contribution in [0.15, 0.2) is 0 Å². The minimum Gasteiger partial charge on any atom is -0.481 e. The third-order valence-electron chi connectivity index (χ3n) is 2.19. The van der Waals surface area contributed by atoms with Crippen LogP contribution in [-0.2, 0) is 9.59 Å². The van der Waals surface area contributed by atoms with Crippen LogP contribution in [0.3, 0.4) is 0 Å². The lowest BCUT2D eigenvalue weighted by molar-refractivity contribution is -0.136. The third kappa shape index (κ3) is 13.0. The van der Waals surface area contributed by atoms with Gasteiger partial charge in [-0.1, -0.05) is 6.92 Å². The Morgan fingerprint density at radius 1 is 0.941 bits per heavy atom. The molecule has 0 aromatic rings. The first-order chi connectivity index (χ1) is 8.16. The van der Waals surface area contributed by atoms with Gasteiger partial charge in [0.1, 0.15) is 5.78 Å². The second kappa shape index (κ2) is 11.5. The zero-order valence-electron chi connectivity index (χ0n) is 10.4. The summed E-state index contributed by atoms with van der Waals surface area (Å²) in [6.07, 6.45) is 0.731. The van der Waals surface area contributed by atoms with Crippen LogP contribution >= 0.6 is 0 Å². The fourth-order valence-electron chi connectivity index (χ4n) is 1.15. The number of hydrogen-bond donors (Lipinski definition) is 4. The van der Waals surface area contributed by atoms with Crippen molar-refractivity contribution in [1.29, 1.82) is 0 Å². The summed E-state index contributed by atoms with van der Waals surface area (Å²) in [5.41, 5.74) is 0. The summed E-state index contributed by atoms with van der Waals surface area (Å²) in [6.45, 7) is 5.91. The van der Waals surface area contributed by atoms with Gasteiger partial charge >= 0.3 is 5.97 Å². The molecule has 0 radical (unpaired) electrons. The number of carboxylic acid groups (broad SMARTS) is 1. The molecule has 0 aliphatic heterocycles. The topological polar surface area (TPSA) is 90.5 Å². The van der Waals surface area contributed by atoms with Crippen LogP contribution in [-0.4, -0.2) is 56.1 Å². The number of Topliss-reactive ketones (excluding diaryl/α,β-unsaturated/α-hetero) is 1. The van der Waals surface area contributed by atoms with Gasteiger partial charge in [0.2, 0.25) is 0 Å². The maximum Gasteiger partial charge on any atom is 0.304 e. The lowest BCUT2D eigenvalue weighted by atomic mass is 10.3. The monoisotopic (exact) mass is 245 g/mol. The van der Waals surface area contributed by atoms with Gasteiger partial charge < -0.3 is 21.1 Å². The number of nitrogens with one attached hydrogen (secondary N) is 3. The Kier molecular flexibility index (Phi) is 10.8. The van der Waals surface area contributed by atoms with E-state index in [0.717, 1.165) is 26.2 Å². The lowest BCUT2D eigenvalue weighted by Gasteiger charge is -2.06. The Morgan fingerprint density at radius 2 is 1.47 bits per heavy atom. The molecule has 17 heavy (non-hydrogen) atoms. The first-order valence-corrected chi connectivity index (χ1v) is 6.02. The van der Waals surface area contributed by atoms with Crippen LogP contribution in [0.4, 0.5) is 0 Å². The average Bonchev–Trinajstić information content (AvgIpc) is 2.30. The van der Waals surface area contributed by atoms with E-state index in [9.17, 15) is 9.59 Å². The van der Waals surface area contributed by atoms with Crippen LogP contribution in [0.5, 0.6) is 0 Å². The van der Waals surface area contributed by atoms with Gasteiger partial charge in [-0.05, 0) is 0 Å². The van der Waals surface area contributed by atoms with E-state index in [2.05, 4.69) is 16.0 Å². The fourth-order valence-corrected chi connectivity index (χ4v) is 1.15. The summed E-state index contributed by atoms with van der Waals surface area (Å²) in [5.74, 6) is -0.560. The van der Waals surface area contributed by atoms with Crippen molar-refractivity contribution in [2.75, 3.05) is 39.3 Å². The van der Waals surface area contributed by atoms with Gasteiger partial charge in [-0.15, -0.1) is 0 Å². The predicted octanol–water partition coefficient (Wildman–Crippen LogP) is -0.791. The van der Waals surface area contributed by atoms with Crippen molar-refractivity contribution < 1.29 is 14.7 Å². The molecule has 0 bridgehead atoms. The Bertz CT molecular complexity index is 222. The molecular weight excluding hydrogens is 222 g/mol. The van der Waals surface area contributed by atoms with E-state index in [1.54, 1.807) is 0 Å². The Balaban J connectivity index is 3.03. The minimum atomic E-state index is -0.782. The van der Waals surface area contributed by atoms with E-state index >= 15 is 0 Å². The van der Waals surface area contributed by atoms with Gasteiger partial charge in [-0.3, -0.25) is 9.59 Å². The van der Waals surface area contributed by atoms with Crippen molar-refractivity contribution in [3.8, 4) is 0 Å². The highest BCUT2D eigenvalue weighted by molar-refractivity contribution is 5.80. The van der Waals surface area contributed by atoms with Gasteiger partial charge in [0.05, 0.1) is 13.0 Å². The number of hydrogen-bond acceptors (Lipinski definition) is 5. The second-order valence-corrected chi connectivity index (χ2v) is 3.71. The van der Waals surface area contributed by atoms with Crippen molar-refractivity contribution in [3.63, 3.8) is 0 Å². The molecule has 0 unspecified atom stereocenters. The molecule has 6 heteroatoms. The van der Waals surface area contributed by atoms with Crippen molar-refractivity contribution in [3.05, 3.63) is 0 Å². The summed E-state index contributed by atoms with van der Waals surface area (Å²) in [5, 5.41) is 17.6. The minimum absolute atomic E-state index is 0.153. The number of ketones is 1. The van der Waals surface area contributed by atoms with Crippen molar-refractivity contribution in [2.45, 2.75) is 19.8 Å². The van der Waals surface area contributed by atoms with E-state index in [1.807, 2.05) is 6.92 Å². The molecule has 4 N–H and O–H groups in total. The van der Waals surface area contributed by atoms with Crippen molar-refractivity contribution in [1.82, 2.24) is 16.0 Å². The lowest BCUT2D eigenvalue weighted by Crippen LogP contribution is -2.34. The van der Waals surface area contributed by atoms with Gasteiger partial charge in [-0.25, -0.2) is 0 Å². The normalized spacial score (nSPS) is 10.4. The Morgan fingerprint density at radius 3 is 2.00 bits per heavy atom. The largest absolute Gasteiger partial charge is 0.481 e. The molecule has 100 valence electrons. The molecule has 0 fully saturated rings. The molecule has 0 aromatic carbocycles. The molecule has 0 atom stereocenters. The van der Waals surface area contributed by atoms with Crippen LogP contribution in [0.1, 0.15) is 19.8 Å². The number of rotatable bonds is 12. The third-order valence-corrected chi connectivity index (χ3v) is 2.19. The first-order valence-electron chi connectivity index (χ1n) is 6.02. The molecule has 0 aliphatic rings. The molecule has 0 aromatic heterocycles. The van der Waals surface area contributed by atoms with E-state index in [4.69, 9.17) is 5.11 Å². The van der Waals surface area contributed by atoms with Crippen molar-refractivity contribution in [2.24, 2.45) is 0 Å². The van der Waals surface area contributed by atoms with E-state index in [-0.39, 0.29) is 12.2 Å². The van der Waals surface area contributed by atoms with Crippen LogP contribution in [0.25, 0.3) is 0 Å². The summed E-state index contributed by atoms with van der Waals surface area (Å²) in [7, 11) is 0. The van der Waals surface area contributed by atoms with Gasteiger partial charge in [0.15, 0.2) is 0 Å². The maximum atomic E-state index is 10.9. The number of carboxylic acids is 1. The second-order valence-electron chi connectivity index (χ2n) is 3.71. The molecule has 6 nitrogen and oxygen atoms in total. The SMILES string of the molecule is CCC(=O)CNCCNCCNCCC(=O)O. The van der Waals surface area contributed by atoms with Gasteiger partial charge in [0, 0.05) is 39.1 Å². The molecule has 0 saturated carbocycles. The zero-order chi connectivity index (χ0) is 12.9. The highest BCUT2D eigenvalue weighted by Gasteiger charge is 1.96. The summed E-state index contributed by atoms with van der Waals surface area (Å²) in [6, 6.07) is 0. The summed E-state index contributed by atoms with van der Waals surface area (Å²) in [4.78, 5) is 21.1. The van der Waals surface area contributed by atoms with Crippen LogP contribution in [0.2, 0.25) is 0 Å². The van der Waals surface area contributed by atoms with Crippen molar-refractivity contribution >= 4 is 11.8 Å². The fraction of sp³-hybridized carbons (Fsp3) is 0.818. The van der Waals surface area contributed by atoms with Crippen LogP contribution in [0, 0.1) is 0 Å². The maximum absolute atomic E-state index is 10.9. The first kappa shape index (κ1) is 16.0. The Hall–Kier alpha value is -0.980. The molecule has 0 aliphatic carbocycles. The highest BCUT2D eigenvalue weighted by Crippen LogP contribution is 1.76. The Labute approximate surface area is 102 Å². The van der Waals surface area contributed by atoms with E-state index in [0.29, 0.717) is 19.5 Å². The molecule has 0 saturated heterocycles. The standard InChI is InChI=1S/C11H23N3O3/c1-2-10(15)9-14-8-7-13-6-5-12-4-3-11(16)17/h12-14H,2-9H2,1H3,(H,16,17). The number of aliphatic carboxylic acids is 1. The molecule has 0 rings (SSSR count).